The van der Waals surface area contributed by atoms with Gasteiger partial charge in [-0.1, -0.05) is 11.6 Å². The van der Waals surface area contributed by atoms with Crippen molar-refractivity contribution in [1.29, 1.82) is 0 Å². The van der Waals surface area contributed by atoms with Gasteiger partial charge >= 0.3 is 0 Å². The summed E-state index contributed by atoms with van der Waals surface area (Å²) in [5.41, 5.74) is 1.08. The third-order valence-electron chi connectivity index (χ3n) is 5.08. The minimum absolute atomic E-state index is 0.0842. The lowest BCUT2D eigenvalue weighted by Gasteiger charge is -2.28. The van der Waals surface area contributed by atoms with Crippen molar-refractivity contribution in [3.63, 3.8) is 0 Å². The Balaban J connectivity index is 1.52. The van der Waals surface area contributed by atoms with Gasteiger partial charge in [-0.2, -0.15) is 0 Å². The van der Waals surface area contributed by atoms with Crippen LogP contribution in [0.2, 0.25) is 5.02 Å². The largest absolute Gasteiger partial charge is 0.489 e. The molecule has 2 aliphatic rings. The number of nitrogens with zero attached hydrogens (tertiary/aromatic N) is 2. The maximum absolute atomic E-state index is 12.5. The molecule has 0 saturated carbocycles. The molecule has 0 spiro atoms. The van der Waals surface area contributed by atoms with Gasteiger partial charge in [0, 0.05) is 56.8 Å². The van der Waals surface area contributed by atoms with Crippen molar-refractivity contribution in [1.82, 2.24) is 9.80 Å². The zero-order valence-electron chi connectivity index (χ0n) is 15.7. The van der Waals surface area contributed by atoms with Crippen LogP contribution in [0.25, 0.3) is 0 Å². The van der Waals surface area contributed by atoms with E-state index >= 15 is 0 Å². The molecule has 0 radical (unpaired) electrons. The standard InChI is InChI=1S/C20H29ClN2O3/c1-15-12-23(13-16-11-17(21)6-7-19(16)26-15)9-8-20(24)22(2)14-18-5-3-4-10-25-18/h6-7,11,15,18H,3-5,8-10,12-14H2,1-2H3. The third kappa shape index (κ3) is 5.35. The van der Waals surface area contributed by atoms with Gasteiger partial charge < -0.3 is 14.4 Å². The maximum Gasteiger partial charge on any atom is 0.223 e. The van der Waals surface area contributed by atoms with Crippen molar-refractivity contribution >= 4 is 17.5 Å². The molecule has 2 unspecified atom stereocenters. The van der Waals surface area contributed by atoms with E-state index in [0.717, 1.165) is 43.9 Å². The molecule has 3 rings (SSSR count). The van der Waals surface area contributed by atoms with Gasteiger partial charge in [-0.05, 0) is 44.4 Å². The Kier molecular flexibility index (Phi) is 6.79. The normalized spacial score (nSPS) is 23.7. The molecule has 1 saturated heterocycles. The summed E-state index contributed by atoms with van der Waals surface area (Å²) in [6.07, 6.45) is 4.16. The molecule has 144 valence electrons. The van der Waals surface area contributed by atoms with E-state index in [2.05, 4.69) is 11.8 Å². The zero-order valence-corrected chi connectivity index (χ0v) is 16.5. The lowest BCUT2D eigenvalue weighted by atomic mass is 10.1. The fraction of sp³-hybridized carbons (Fsp3) is 0.650. The minimum atomic E-state index is 0.0842. The van der Waals surface area contributed by atoms with Crippen LogP contribution < -0.4 is 4.74 Å². The van der Waals surface area contributed by atoms with E-state index in [-0.39, 0.29) is 18.1 Å². The van der Waals surface area contributed by atoms with Gasteiger partial charge in [0.05, 0.1) is 6.10 Å². The van der Waals surface area contributed by atoms with E-state index in [9.17, 15) is 4.79 Å². The number of carbonyl (C=O) groups is 1. The average Bonchev–Trinajstić information content (AvgIpc) is 2.77. The van der Waals surface area contributed by atoms with Gasteiger partial charge in [0.15, 0.2) is 0 Å². The highest BCUT2D eigenvalue weighted by Crippen LogP contribution is 2.28. The van der Waals surface area contributed by atoms with Crippen LogP contribution in [0.3, 0.4) is 0 Å². The first-order chi connectivity index (χ1) is 12.5. The van der Waals surface area contributed by atoms with E-state index in [4.69, 9.17) is 21.1 Å². The number of halogens is 1. The molecule has 0 bridgehead atoms. The molecule has 0 aliphatic carbocycles. The van der Waals surface area contributed by atoms with Crippen molar-refractivity contribution in [2.75, 3.05) is 33.3 Å². The summed E-state index contributed by atoms with van der Waals surface area (Å²) in [6.45, 7) is 5.84. The Bertz CT molecular complexity index is 619. The Morgan fingerprint density at radius 3 is 3.00 bits per heavy atom. The Morgan fingerprint density at radius 2 is 2.23 bits per heavy atom. The number of hydrogen-bond donors (Lipinski definition) is 0. The summed E-state index contributed by atoms with van der Waals surface area (Å²) < 4.78 is 11.7. The molecule has 1 aromatic rings. The Labute approximate surface area is 161 Å². The Morgan fingerprint density at radius 1 is 1.38 bits per heavy atom. The molecule has 0 N–H and O–H groups in total. The van der Waals surface area contributed by atoms with Crippen LogP contribution in [0.15, 0.2) is 18.2 Å². The molecule has 2 heterocycles. The Hall–Kier alpha value is -1.30. The van der Waals surface area contributed by atoms with Crippen LogP contribution in [0, 0.1) is 0 Å². The lowest BCUT2D eigenvalue weighted by molar-refractivity contribution is -0.132. The number of carbonyl (C=O) groups excluding carboxylic acids is 1. The molecule has 26 heavy (non-hydrogen) atoms. The van der Waals surface area contributed by atoms with E-state index < -0.39 is 0 Å². The monoisotopic (exact) mass is 380 g/mol. The van der Waals surface area contributed by atoms with Gasteiger partial charge in [-0.3, -0.25) is 9.69 Å². The number of fused-ring (bicyclic) bond motifs is 1. The first-order valence-electron chi connectivity index (χ1n) is 9.54. The van der Waals surface area contributed by atoms with Crippen molar-refractivity contribution in [3.8, 4) is 5.75 Å². The molecule has 2 atom stereocenters. The predicted molar refractivity (Wildman–Crippen MR) is 103 cm³/mol. The fourth-order valence-electron chi connectivity index (χ4n) is 3.68. The summed E-state index contributed by atoms with van der Waals surface area (Å²) in [6, 6.07) is 5.74. The number of rotatable bonds is 5. The van der Waals surface area contributed by atoms with E-state index in [0.29, 0.717) is 24.5 Å². The minimum Gasteiger partial charge on any atom is -0.489 e. The van der Waals surface area contributed by atoms with E-state index in [1.165, 1.54) is 6.42 Å². The topological polar surface area (TPSA) is 42.0 Å². The molecule has 2 aliphatic heterocycles. The molecule has 1 fully saturated rings. The number of likely N-dealkylation sites (N-methyl/N-ethyl adjacent to an activating group) is 1. The molecule has 5 nitrogen and oxygen atoms in total. The predicted octanol–water partition coefficient (Wildman–Crippen LogP) is 3.34. The highest BCUT2D eigenvalue weighted by Gasteiger charge is 2.23. The number of hydrogen-bond acceptors (Lipinski definition) is 4. The van der Waals surface area contributed by atoms with Crippen molar-refractivity contribution in [2.45, 2.75) is 51.4 Å². The van der Waals surface area contributed by atoms with Crippen molar-refractivity contribution < 1.29 is 14.3 Å². The first-order valence-corrected chi connectivity index (χ1v) is 9.92. The average molecular weight is 381 g/mol. The second-order valence-electron chi connectivity index (χ2n) is 7.43. The lowest BCUT2D eigenvalue weighted by Crippen LogP contribution is -2.39. The maximum atomic E-state index is 12.5. The van der Waals surface area contributed by atoms with Gasteiger partial charge in [-0.25, -0.2) is 0 Å². The van der Waals surface area contributed by atoms with Gasteiger partial charge in [0.1, 0.15) is 11.9 Å². The SMILES string of the molecule is CC1CN(CCC(=O)N(C)CC2CCCCO2)Cc2cc(Cl)ccc2O1. The first kappa shape index (κ1) is 19.5. The summed E-state index contributed by atoms with van der Waals surface area (Å²) >= 11 is 6.13. The molecule has 1 aromatic carbocycles. The van der Waals surface area contributed by atoms with Crippen LogP contribution in [0.4, 0.5) is 0 Å². The van der Waals surface area contributed by atoms with Crippen LogP contribution in [0.5, 0.6) is 5.75 Å². The number of amides is 1. The zero-order chi connectivity index (χ0) is 18.5. The van der Waals surface area contributed by atoms with Crippen molar-refractivity contribution in [2.24, 2.45) is 0 Å². The summed E-state index contributed by atoms with van der Waals surface area (Å²) in [5.74, 6) is 1.06. The number of benzene rings is 1. The summed E-state index contributed by atoms with van der Waals surface area (Å²) in [5, 5.41) is 0.713. The smallest absolute Gasteiger partial charge is 0.223 e. The van der Waals surface area contributed by atoms with E-state index in [1.54, 1.807) is 0 Å². The van der Waals surface area contributed by atoms with Crippen LogP contribution in [0.1, 0.15) is 38.2 Å². The summed E-state index contributed by atoms with van der Waals surface area (Å²) in [7, 11) is 1.88. The molecule has 1 amide bonds. The van der Waals surface area contributed by atoms with Crippen LogP contribution >= 0.6 is 11.6 Å². The van der Waals surface area contributed by atoms with Crippen LogP contribution in [-0.2, 0) is 16.1 Å². The highest BCUT2D eigenvalue weighted by molar-refractivity contribution is 6.30. The second kappa shape index (κ2) is 9.07. The van der Waals surface area contributed by atoms with E-state index in [1.807, 2.05) is 30.1 Å². The third-order valence-corrected chi connectivity index (χ3v) is 5.31. The van der Waals surface area contributed by atoms with Gasteiger partial charge in [0.25, 0.3) is 0 Å². The molecular weight excluding hydrogens is 352 g/mol. The highest BCUT2D eigenvalue weighted by atomic mass is 35.5. The molecular formula is C20H29ClN2O3. The summed E-state index contributed by atoms with van der Waals surface area (Å²) in [4.78, 5) is 16.6. The number of ether oxygens (including phenoxy) is 2. The molecule has 6 heteroatoms. The van der Waals surface area contributed by atoms with Crippen LogP contribution in [-0.4, -0.2) is 61.2 Å². The van der Waals surface area contributed by atoms with Gasteiger partial charge in [0.2, 0.25) is 5.91 Å². The van der Waals surface area contributed by atoms with Crippen molar-refractivity contribution in [3.05, 3.63) is 28.8 Å². The quantitative estimate of drug-likeness (QED) is 0.785. The fourth-order valence-corrected chi connectivity index (χ4v) is 3.88. The second-order valence-corrected chi connectivity index (χ2v) is 7.86. The van der Waals surface area contributed by atoms with Gasteiger partial charge in [-0.15, -0.1) is 0 Å². The molecule has 0 aromatic heterocycles.